The molecule has 2 aromatic carbocycles. The van der Waals surface area contributed by atoms with Gasteiger partial charge < -0.3 is 14.8 Å². The van der Waals surface area contributed by atoms with Gasteiger partial charge in [-0.3, -0.25) is 14.9 Å². The lowest BCUT2D eigenvalue weighted by Gasteiger charge is -2.07. The predicted octanol–water partition coefficient (Wildman–Crippen LogP) is 4.85. The van der Waals surface area contributed by atoms with Crippen molar-refractivity contribution in [3.05, 3.63) is 74.2 Å². The van der Waals surface area contributed by atoms with Gasteiger partial charge in [0.1, 0.15) is 10.8 Å². The van der Waals surface area contributed by atoms with Crippen molar-refractivity contribution in [1.82, 2.24) is 14.8 Å². The van der Waals surface area contributed by atoms with E-state index in [4.69, 9.17) is 21.1 Å². The fourth-order valence-electron chi connectivity index (χ4n) is 3.27. The Hall–Kier alpha value is -3.96. The summed E-state index contributed by atoms with van der Waals surface area (Å²) in [5.74, 6) is 1.18. The van der Waals surface area contributed by atoms with Crippen LogP contribution in [-0.4, -0.2) is 32.4 Å². The number of rotatable bonds is 5. The van der Waals surface area contributed by atoms with Gasteiger partial charge in [-0.05, 0) is 37.3 Å². The van der Waals surface area contributed by atoms with Crippen LogP contribution < -0.4 is 14.8 Å². The maximum atomic E-state index is 12.8. The third-order valence-corrected chi connectivity index (χ3v) is 5.96. The molecule has 0 spiro atoms. The Bertz CT molecular complexity index is 1420. The molecule has 0 radical (unpaired) electrons. The summed E-state index contributed by atoms with van der Waals surface area (Å²) in [7, 11) is 0. The zero-order chi connectivity index (χ0) is 23.1. The molecule has 4 aromatic rings. The Morgan fingerprint density at radius 3 is 2.85 bits per heavy atom. The summed E-state index contributed by atoms with van der Waals surface area (Å²) in [6, 6.07) is 11.1. The Labute approximate surface area is 195 Å². The van der Waals surface area contributed by atoms with Crippen molar-refractivity contribution in [2.75, 3.05) is 12.1 Å². The molecule has 5 rings (SSSR count). The van der Waals surface area contributed by atoms with E-state index < -0.39 is 10.8 Å². The van der Waals surface area contributed by atoms with Crippen molar-refractivity contribution >= 4 is 40.4 Å². The average molecular weight is 484 g/mol. The molecule has 1 amide bonds. The second-order valence-corrected chi connectivity index (χ2v) is 8.29. The molecule has 0 bridgehead atoms. The number of carbonyl (C=O) groups excluding carboxylic acids is 1. The number of thiazole rings is 1. The zero-order valence-corrected chi connectivity index (χ0v) is 18.5. The van der Waals surface area contributed by atoms with E-state index in [1.165, 1.54) is 28.2 Å². The fraction of sp³-hybridized carbons (Fsp3) is 0.0952. The number of hydrogen-bond acceptors (Lipinski definition) is 8. The van der Waals surface area contributed by atoms with Crippen LogP contribution in [0.2, 0.25) is 5.02 Å². The van der Waals surface area contributed by atoms with Crippen LogP contribution in [0.4, 0.5) is 11.5 Å². The summed E-state index contributed by atoms with van der Waals surface area (Å²) in [6.45, 7) is 1.97. The van der Waals surface area contributed by atoms with Gasteiger partial charge in [-0.2, -0.15) is 9.78 Å². The highest BCUT2D eigenvalue weighted by atomic mass is 35.5. The molecule has 1 aliphatic rings. The van der Waals surface area contributed by atoms with Crippen LogP contribution in [0.5, 0.6) is 11.5 Å². The Morgan fingerprint density at radius 1 is 1.21 bits per heavy atom. The van der Waals surface area contributed by atoms with E-state index in [1.807, 2.05) is 23.6 Å². The molecule has 0 saturated heterocycles. The number of fused-ring (bicyclic) bond motifs is 1. The number of nitro benzene ring substituents is 1. The number of anilines is 1. The van der Waals surface area contributed by atoms with Gasteiger partial charge in [0, 0.05) is 28.6 Å². The molecule has 10 nitrogen and oxygen atoms in total. The van der Waals surface area contributed by atoms with Crippen LogP contribution in [0.1, 0.15) is 16.1 Å². The van der Waals surface area contributed by atoms with Crippen LogP contribution in [0.3, 0.4) is 0 Å². The van der Waals surface area contributed by atoms with E-state index in [-0.39, 0.29) is 23.1 Å². The van der Waals surface area contributed by atoms with Gasteiger partial charge >= 0.3 is 0 Å². The number of aryl methyl sites for hydroxylation is 1. The first-order valence-electron chi connectivity index (χ1n) is 9.57. The Kier molecular flexibility index (Phi) is 5.19. The minimum absolute atomic E-state index is 0.0451. The van der Waals surface area contributed by atoms with Crippen molar-refractivity contribution in [3.8, 4) is 27.9 Å². The third kappa shape index (κ3) is 3.99. The molecular weight excluding hydrogens is 470 g/mol. The molecule has 0 fully saturated rings. The number of hydrogen-bond donors (Lipinski definition) is 1. The number of carbonyl (C=O) groups is 1. The molecular formula is C21H14ClN5O5S. The first-order chi connectivity index (χ1) is 15.9. The van der Waals surface area contributed by atoms with Crippen molar-refractivity contribution < 1.29 is 19.2 Å². The lowest BCUT2D eigenvalue weighted by Crippen LogP contribution is -2.15. The van der Waals surface area contributed by atoms with E-state index in [2.05, 4.69) is 15.4 Å². The van der Waals surface area contributed by atoms with E-state index >= 15 is 0 Å². The molecule has 0 aliphatic carbocycles. The molecule has 2 aromatic heterocycles. The van der Waals surface area contributed by atoms with Gasteiger partial charge in [-0.1, -0.05) is 11.6 Å². The Morgan fingerprint density at radius 2 is 2.03 bits per heavy atom. The summed E-state index contributed by atoms with van der Waals surface area (Å²) in [5, 5.41) is 20.7. The lowest BCUT2D eigenvalue weighted by atomic mass is 10.1. The van der Waals surface area contributed by atoms with Crippen molar-refractivity contribution in [2.24, 2.45) is 0 Å². The monoisotopic (exact) mass is 483 g/mol. The largest absolute Gasteiger partial charge is 0.454 e. The second kappa shape index (κ2) is 8.19. The molecule has 3 heterocycles. The maximum Gasteiger partial charge on any atom is 0.288 e. The number of amides is 1. The van der Waals surface area contributed by atoms with Gasteiger partial charge in [0.15, 0.2) is 11.5 Å². The van der Waals surface area contributed by atoms with E-state index in [0.29, 0.717) is 33.8 Å². The summed E-state index contributed by atoms with van der Waals surface area (Å²) in [4.78, 5) is 27.9. The van der Waals surface area contributed by atoms with Gasteiger partial charge in [-0.25, -0.2) is 4.98 Å². The van der Waals surface area contributed by atoms with Crippen LogP contribution in [-0.2, 0) is 0 Å². The third-order valence-electron chi connectivity index (χ3n) is 4.82. The molecule has 166 valence electrons. The molecule has 0 atom stereocenters. The molecule has 0 saturated carbocycles. The topological polar surface area (TPSA) is 121 Å². The SMILES string of the molecule is Cc1cc(NC(=O)c2ccc(Cl)c([N+](=O)[O-])c2)n(-c2nc(-c3ccc4c(c3)OCO4)cs2)n1. The standard InChI is InChI=1S/C21H14ClN5O5S/c1-11-6-19(24-20(28)13-2-4-14(22)16(7-13)27(29)30)26(25-11)21-23-15(9-33-21)12-3-5-17-18(8-12)32-10-31-17/h2-9H,10H2,1H3,(H,24,28). The number of ether oxygens (including phenoxy) is 2. The van der Waals surface area contributed by atoms with Crippen LogP contribution in [0, 0.1) is 17.0 Å². The first kappa shape index (κ1) is 20.9. The van der Waals surface area contributed by atoms with Crippen LogP contribution in [0.15, 0.2) is 47.8 Å². The maximum absolute atomic E-state index is 12.8. The lowest BCUT2D eigenvalue weighted by molar-refractivity contribution is -0.384. The summed E-state index contributed by atoms with van der Waals surface area (Å²) >= 11 is 7.19. The summed E-state index contributed by atoms with van der Waals surface area (Å²) < 4.78 is 12.3. The minimum Gasteiger partial charge on any atom is -0.454 e. The normalized spacial score (nSPS) is 12.1. The highest BCUT2D eigenvalue weighted by Gasteiger charge is 2.20. The number of nitrogens with one attached hydrogen (secondary N) is 1. The van der Waals surface area contributed by atoms with Crippen LogP contribution >= 0.6 is 22.9 Å². The van der Waals surface area contributed by atoms with Gasteiger partial charge in [0.05, 0.1) is 16.3 Å². The first-order valence-corrected chi connectivity index (χ1v) is 10.8. The van der Waals surface area contributed by atoms with E-state index in [1.54, 1.807) is 13.0 Å². The van der Waals surface area contributed by atoms with E-state index in [9.17, 15) is 14.9 Å². The molecule has 1 aliphatic heterocycles. The van der Waals surface area contributed by atoms with Gasteiger partial charge in [-0.15, -0.1) is 11.3 Å². The van der Waals surface area contributed by atoms with Gasteiger partial charge in [0.25, 0.3) is 11.6 Å². The fourth-order valence-corrected chi connectivity index (χ4v) is 4.25. The quantitative estimate of drug-likeness (QED) is 0.318. The van der Waals surface area contributed by atoms with Crippen molar-refractivity contribution in [2.45, 2.75) is 6.92 Å². The number of aromatic nitrogens is 3. The highest BCUT2D eigenvalue weighted by molar-refractivity contribution is 7.12. The number of nitrogens with zero attached hydrogens (tertiary/aromatic N) is 4. The number of benzene rings is 2. The highest BCUT2D eigenvalue weighted by Crippen LogP contribution is 2.36. The zero-order valence-electron chi connectivity index (χ0n) is 16.9. The molecule has 1 N–H and O–H groups in total. The molecule has 0 unspecified atom stereocenters. The minimum atomic E-state index is -0.638. The van der Waals surface area contributed by atoms with Crippen molar-refractivity contribution in [3.63, 3.8) is 0 Å². The average Bonchev–Trinajstić information content (AvgIpc) is 3.52. The summed E-state index contributed by atoms with van der Waals surface area (Å²) in [5.41, 5.74) is 1.97. The van der Waals surface area contributed by atoms with Crippen molar-refractivity contribution in [1.29, 1.82) is 0 Å². The smallest absolute Gasteiger partial charge is 0.288 e. The second-order valence-electron chi connectivity index (χ2n) is 7.04. The molecule has 12 heteroatoms. The number of nitro groups is 1. The summed E-state index contributed by atoms with van der Waals surface area (Å²) in [6.07, 6.45) is 0. The molecule has 33 heavy (non-hydrogen) atoms. The van der Waals surface area contributed by atoms with Crippen LogP contribution in [0.25, 0.3) is 16.4 Å². The van der Waals surface area contributed by atoms with E-state index in [0.717, 1.165) is 11.6 Å². The Balaban J connectivity index is 1.43. The van der Waals surface area contributed by atoms with Gasteiger partial charge in [0.2, 0.25) is 11.9 Å². The number of halogens is 1. The predicted molar refractivity (Wildman–Crippen MR) is 122 cm³/mol.